The summed E-state index contributed by atoms with van der Waals surface area (Å²) in [6.45, 7) is 7.46. The first kappa shape index (κ1) is 14.1. The molecular formula is C14H22N6O. The predicted molar refractivity (Wildman–Crippen MR) is 81.7 cm³/mol. The smallest absolute Gasteiger partial charge is 0.348 e. The molecule has 2 aromatic heterocycles. The van der Waals surface area contributed by atoms with Crippen molar-refractivity contribution in [3.63, 3.8) is 0 Å². The number of rotatable bonds is 4. The average molecular weight is 290 g/mol. The molecule has 114 valence electrons. The number of nitrogens with one attached hydrogen (secondary N) is 2. The quantitative estimate of drug-likeness (QED) is 0.863. The maximum atomic E-state index is 11.4. The van der Waals surface area contributed by atoms with E-state index in [-0.39, 0.29) is 5.69 Å². The Morgan fingerprint density at radius 2 is 2.19 bits per heavy atom. The van der Waals surface area contributed by atoms with Gasteiger partial charge in [-0.15, -0.1) is 0 Å². The molecule has 0 amide bonds. The predicted octanol–water partition coefficient (Wildman–Crippen LogP) is 0.632. The van der Waals surface area contributed by atoms with Crippen LogP contribution in [0.4, 0.5) is 5.82 Å². The molecule has 1 aliphatic heterocycles. The van der Waals surface area contributed by atoms with Crippen LogP contribution in [0.25, 0.3) is 5.65 Å². The first-order valence-electron chi connectivity index (χ1n) is 7.54. The number of hydrogen-bond acceptors (Lipinski definition) is 5. The van der Waals surface area contributed by atoms with Crippen LogP contribution in [0.3, 0.4) is 0 Å². The second-order valence-electron chi connectivity index (χ2n) is 6.00. The van der Waals surface area contributed by atoms with Crippen molar-refractivity contribution in [2.24, 2.45) is 5.92 Å². The molecular weight excluding hydrogens is 268 g/mol. The minimum absolute atomic E-state index is 0.248. The van der Waals surface area contributed by atoms with Gasteiger partial charge in [-0.2, -0.15) is 5.10 Å². The fourth-order valence-electron chi connectivity index (χ4n) is 2.74. The van der Waals surface area contributed by atoms with Gasteiger partial charge in [0, 0.05) is 25.2 Å². The first-order valence-corrected chi connectivity index (χ1v) is 7.54. The van der Waals surface area contributed by atoms with Gasteiger partial charge in [0.05, 0.1) is 0 Å². The highest BCUT2D eigenvalue weighted by molar-refractivity contribution is 5.50. The van der Waals surface area contributed by atoms with E-state index >= 15 is 0 Å². The molecule has 1 aliphatic rings. The summed E-state index contributed by atoms with van der Waals surface area (Å²) >= 11 is 0. The highest BCUT2D eigenvalue weighted by atomic mass is 16.1. The summed E-state index contributed by atoms with van der Waals surface area (Å²) in [6.07, 6.45) is 3.88. The molecule has 0 radical (unpaired) electrons. The Bertz CT molecular complexity index is 653. The zero-order chi connectivity index (χ0) is 14.8. The summed E-state index contributed by atoms with van der Waals surface area (Å²) in [4.78, 5) is 18.1. The van der Waals surface area contributed by atoms with E-state index in [1.807, 2.05) is 6.07 Å². The molecule has 1 fully saturated rings. The van der Waals surface area contributed by atoms with Gasteiger partial charge in [-0.1, -0.05) is 13.8 Å². The van der Waals surface area contributed by atoms with Crippen LogP contribution >= 0.6 is 0 Å². The number of fused-ring (bicyclic) bond motifs is 1. The van der Waals surface area contributed by atoms with E-state index in [0.29, 0.717) is 11.7 Å². The van der Waals surface area contributed by atoms with Gasteiger partial charge >= 0.3 is 5.69 Å². The van der Waals surface area contributed by atoms with Crippen molar-refractivity contribution >= 4 is 11.5 Å². The minimum atomic E-state index is -0.248. The maximum absolute atomic E-state index is 11.4. The van der Waals surface area contributed by atoms with Crippen LogP contribution in [0.2, 0.25) is 0 Å². The maximum Gasteiger partial charge on any atom is 0.348 e. The van der Waals surface area contributed by atoms with E-state index < -0.39 is 0 Å². The van der Waals surface area contributed by atoms with Crippen molar-refractivity contribution in [3.05, 3.63) is 22.9 Å². The third-order valence-corrected chi connectivity index (χ3v) is 4.05. The first-order chi connectivity index (χ1) is 10.1. The molecule has 2 aromatic rings. The largest absolute Gasteiger partial charge is 0.356 e. The number of aromatic amines is 1. The summed E-state index contributed by atoms with van der Waals surface area (Å²) in [6, 6.07) is 2.41. The molecule has 2 N–H and O–H groups in total. The Morgan fingerprint density at radius 3 is 2.90 bits per heavy atom. The minimum Gasteiger partial charge on any atom is -0.356 e. The van der Waals surface area contributed by atoms with Crippen LogP contribution < -0.4 is 15.9 Å². The van der Waals surface area contributed by atoms with Gasteiger partial charge in [-0.25, -0.2) is 19.3 Å². The molecule has 0 saturated carbocycles. The summed E-state index contributed by atoms with van der Waals surface area (Å²) in [5.41, 5.74) is 0.371. The molecule has 7 nitrogen and oxygen atoms in total. The molecule has 7 heteroatoms. The van der Waals surface area contributed by atoms with Crippen molar-refractivity contribution in [2.75, 3.05) is 24.5 Å². The van der Waals surface area contributed by atoms with Crippen molar-refractivity contribution in [2.45, 2.75) is 32.7 Å². The van der Waals surface area contributed by atoms with Gasteiger partial charge < -0.3 is 10.2 Å². The van der Waals surface area contributed by atoms with E-state index in [0.717, 1.165) is 31.4 Å². The zero-order valence-corrected chi connectivity index (χ0v) is 12.5. The molecule has 1 saturated heterocycles. The summed E-state index contributed by atoms with van der Waals surface area (Å²) in [5, 5.41) is 9.93. The lowest BCUT2D eigenvalue weighted by molar-refractivity contribution is 0.370. The lowest BCUT2D eigenvalue weighted by Crippen LogP contribution is -2.39. The molecule has 0 aliphatic carbocycles. The van der Waals surface area contributed by atoms with E-state index in [2.05, 4.69) is 39.2 Å². The number of hydrogen-bond donors (Lipinski definition) is 2. The highest BCUT2D eigenvalue weighted by Crippen LogP contribution is 2.21. The van der Waals surface area contributed by atoms with Gasteiger partial charge in [0.15, 0.2) is 5.65 Å². The van der Waals surface area contributed by atoms with Crippen LogP contribution in [0.15, 0.2) is 17.2 Å². The number of nitrogens with zero attached hydrogens (tertiary/aromatic N) is 4. The summed E-state index contributed by atoms with van der Waals surface area (Å²) < 4.78 is 1.42. The van der Waals surface area contributed by atoms with Gasteiger partial charge in [0.25, 0.3) is 0 Å². The molecule has 0 spiro atoms. The highest BCUT2D eigenvalue weighted by Gasteiger charge is 2.20. The Balaban J connectivity index is 1.64. The Kier molecular flexibility index (Phi) is 3.92. The topological polar surface area (TPSA) is 78.3 Å². The lowest BCUT2D eigenvalue weighted by atomic mass is 9.96. The molecule has 0 bridgehead atoms. The standard InChI is InChI=1S/C14H22N6O/c1-10(2)15-8-11-3-5-19(6-4-11)12-7-13-17-18-14(21)20(13)9-16-12/h7,9-11,15H,3-6,8H2,1-2H3,(H,18,21). The second-order valence-corrected chi connectivity index (χ2v) is 6.00. The van der Waals surface area contributed by atoms with Crippen LogP contribution in [0, 0.1) is 5.92 Å². The number of aromatic nitrogens is 4. The Morgan fingerprint density at radius 1 is 1.43 bits per heavy atom. The monoisotopic (exact) mass is 290 g/mol. The molecule has 0 aromatic carbocycles. The summed E-state index contributed by atoms with van der Waals surface area (Å²) in [7, 11) is 0. The van der Waals surface area contributed by atoms with E-state index in [1.54, 1.807) is 6.33 Å². The van der Waals surface area contributed by atoms with Gasteiger partial charge in [-0.05, 0) is 25.3 Å². The van der Waals surface area contributed by atoms with E-state index in [9.17, 15) is 4.79 Å². The molecule has 3 heterocycles. The van der Waals surface area contributed by atoms with Gasteiger partial charge in [0.1, 0.15) is 12.1 Å². The van der Waals surface area contributed by atoms with Crippen LogP contribution in [0.1, 0.15) is 26.7 Å². The fourth-order valence-corrected chi connectivity index (χ4v) is 2.74. The zero-order valence-electron chi connectivity index (χ0n) is 12.5. The van der Waals surface area contributed by atoms with Crippen LogP contribution in [0.5, 0.6) is 0 Å². The summed E-state index contributed by atoms with van der Waals surface area (Å²) in [5.74, 6) is 1.64. The Hall–Kier alpha value is -1.89. The van der Waals surface area contributed by atoms with Gasteiger partial charge in [0.2, 0.25) is 0 Å². The fraction of sp³-hybridized carbons (Fsp3) is 0.643. The number of H-pyrrole nitrogens is 1. The molecule has 0 unspecified atom stereocenters. The van der Waals surface area contributed by atoms with Crippen LogP contribution in [-0.2, 0) is 0 Å². The van der Waals surface area contributed by atoms with Gasteiger partial charge in [-0.3, -0.25) is 0 Å². The third kappa shape index (κ3) is 3.07. The second kappa shape index (κ2) is 5.85. The van der Waals surface area contributed by atoms with E-state index in [1.165, 1.54) is 17.2 Å². The number of piperidine rings is 1. The molecule has 0 atom stereocenters. The van der Waals surface area contributed by atoms with E-state index in [4.69, 9.17) is 0 Å². The van der Waals surface area contributed by atoms with Crippen molar-refractivity contribution in [1.82, 2.24) is 24.9 Å². The SMILES string of the molecule is CC(C)NCC1CCN(c2cc3n[nH]c(=O)n3cn2)CC1. The molecule has 21 heavy (non-hydrogen) atoms. The number of anilines is 1. The lowest BCUT2D eigenvalue weighted by Gasteiger charge is -2.33. The normalized spacial score (nSPS) is 17.0. The Labute approximate surface area is 123 Å². The third-order valence-electron chi connectivity index (χ3n) is 4.05. The van der Waals surface area contributed by atoms with Crippen LogP contribution in [-0.4, -0.2) is 45.3 Å². The van der Waals surface area contributed by atoms with Crippen molar-refractivity contribution in [1.29, 1.82) is 0 Å². The molecule has 3 rings (SSSR count). The van der Waals surface area contributed by atoms with Crippen molar-refractivity contribution in [3.8, 4) is 0 Å². The van der Waals surface area contributed by atoms with Crippen molar-refractivity contribution < 1.29 is 0 Å². The average Bonchev–Trinajstić information content (AvgIpc) is 2.86.